The molecule has 6 N–H and O–H groups in total. The average Bonchev–Trinajstić information content (AvgIpc) is 2.41. The van der Waals surface area contributed by atoms with Crippen LogP contribution < -0.4 is 22.1 Å². The Morgan fingerprint density at radius 1 is 0.950 bits per heavy atom. The molecule has 8 nitrogen and oxygen atoms in total. The van der Waals surface area contributed by atoms with Gasteiger partial charge in [0.05, 0.1) is 0 Å². The van der Waals surface area contributed by atoms with Gasteiger partial charge in [0.1, 0.15) is 10.1 Å². The van der Waals surface area contributed by atoms with E-state index in [0.717, 1.165) is 10.1 Å². The van der Waals surface area contributed by atoms with Gasteiger partial charge >= 0.3 is 12.1 Å². The fourth-order valence-electron chi connectivity index (χ4n) is 1.12. The van der Waals surface area contributed by atoms with Crippen LogP contribution in [0.4, 0.5) is 9.59 Å². The zero-order valence-corrected chi connectivity index (χ0v) is 12.3. The first kappa shape index (κ1) is 16.4. The van der Waals surface area contributed by atoms with Crippen molar-refractivity contribution in [3.63, 3.8) is 0 Å². The van der Waals surface area contributed by atoms with E-state index in [2.05, 4.69) is 20.8 Å². The Balaban J connectivity index is 2.22. The third-order valence-electron chi connectivity index (χ3n) is 1.92. The molecule has 0 saturated heterocycles. The topological polar surface area (TPSA) is 136 Å². The van der Waals surface area contributed by atoms with Crippen LogP contribution in [0, 0.1) is 0 Å². The van der Waals surface area contributed by atoms with Crippen molar-refractivity contribution in [1.82, 2.24) is 20.8 Å². The molecule has 0 atom stereocenters. The van der Waals surface area contributed by atoms with E-state index >= 15 is 0 Å². The minimum atomic E-state index is -0.534. The lowest BCUT2D eigenvalue weighted by Crippen LogP contribution is -2.31. The standard InChI is InChI=1S/C10H16N6O2S2/c11-9(17)13-3-5-19-7-1-2-8(16-15-7)20-6-4-14-10(12)18/h1-2H,3-6H2,(H3,11,13,17)(H3,12,14,18). The zero-order chi connectivity index (χ0) is 14.8. The quantitative estimate of drug-likeness (QED) is 0.393. The van der Waals surface area contributed by atoms with Crippen LogP contribution in [-0.4, -0.2) is 46.9 Å². The van der Waals surface area contributed by atoms with E-state index in [9.17, 15) is 9.59 Å². The number of urea groups is 2. The Morgan fingerprint density at radius 3 is 1.65 bits per heavy atom. The molecule has 0 aliphatic heterocycles. The summed E-state index contributed by atoms with van der Waals surface area (Å²) in [5.41, 5.74) is 9.89. The van der Waals surface area contributed by atoms with Crippen LogP contribution in [-0.2, 0) is 0 Å². The van der Waals surface area contributed by atoms with Crippen molar-refractivity contribution in [2.75, 3.05) is 24.6 Å². The van der Waals surface area contributed by atoms with Crippen molar-refractivity contribution in [2.24, 2.45) is 11.5 Å². The van der Waals surface area contributed by atoms with Crippen LogP contribution in [0.2, 0.25) is 0 Å². The van der Waals surface area contributed by atoms with E-state index in [0.29, 0.717) is 24.6 Å². The maximum Gasteiger partial charge on any atom is 0.312 e. The molecule has 0 saturated carbocycles. The van der Waals surface area contributed by atoms with Crippen LogP contribution in [0.3, 0.4) is 0 Å². The first-order chi connectivity index (χ1) is 9.58. The van der Waals surface area contributed by atoms with E-state index in [4.69, 9.17) is 11.5 Å². The highest BCUT2D eigenvalue weighted by Crippen LogP contribution is 2.18. The lowest BCUT2D eigenvalue weighted by atomic mass is 10.6. The Hall–Kier alpha value is -1.68. The number of aromatic nitrogens is 2. The van der Waals surface area contributed by atoms with Gasteiger partial charge in [-0.05, 0) is 12.1 Å². The summed E-state index contributed by atoms with van der Waals surface area (Å²) in [6.07, 6.45) is 0. The molecular formula is C10H16N6O2S2. The number of hydrogen-bond donors (Lipinski definition) is 4. The van der Waals surface area contributed by atoms with Crippen LogP contribution >= 0.6 is 23.5 Å². The molecular weight excluding hydrogens is 300 g/mol. The van der Waals surface area contributed by atoms with Crippen LogP contribution in [0.5, 0.6) is 0 Å². The SMILES string of the molecule is NC(=O)NCCSc1ccc(SCCNC(N)=O)nn1. The Kier molecular flexibility index (Phi) is 7.58. The highest BCUT2D eigenvalue weighted by Gasteiger charge is 2.01. The molecule has 1 rings (SSSR count). The third-order valence-corrected chi connectivity index (χ3v) is 3.76. The monoisotopic (exact) mass is 316 g/mol. The molecule has 1 heterocycles. The minimum absolute atomic E-state index is 0.483. The molecule has 0 bridgehead atoms. The van der Waals surface area contributed by atoms with Gasteiger partial charge in [-0.2, -0.15) is 0 Å². The highest BCUT2D eigenvalue weighted by atomic mass is 32.2. The van der Waals surface area contributed by atoms with Gasteiger partial charge in [-0.25, -0.2) is 9.59 Å². The van der Waals surface area contributed by atoms with Crippen molar-refractivity contribution >= 4 is 35.6 Å². The first-order valence-corrected chi connectivity index (χ1v) is 7.71. The average molecular weight is 316 g/mol. The number of carbonyl (C=O) groups excluding carboxylic acids is 2. The number of rotatable bonds is 8. The molecule has 0 unspecified atom stereocenters. The second-order valence-electron chi connectivity index (χ2n) is 3.49. The van der Waals surface area contributed by atoms with Crippen LogP contribution in [0.1, 0.15) is 0 Å². The number of hydrogen-bond acceptors (Lipinski definition) is 6. The summed E-state index contributed by atoms with van der Waals surface area (Å²) in [6, 6.07) is 2.64. The summed E-state index contributed by atoms with van der Waals surface area (Å²) in [5.74, 6) is 1.35. The molecule has 0 spiro atoms. The highest BCUT2D eigenvalue weighted by molar-refractivity contribution is 7.99. The second kappa shape index (κ2) is 9.26. The third kappa shape index (κ3) is 7.69. The molecule has 0 radical (unpaired) electrons. The Labute approximate surface area is 124 Å². The van der Waals surface area contributed by atoms with Crippen molar-refractivity contribution < 1.29 is 9.59 Å². The fraction of sp³-hybridized carbons (Fsp3) is 0.400. The normalized spacial score (nSPS) is 10.0. The lowest BCUT2D eigenvalue weighted by Gasteiger charge is -2.03. The van der Waals surface area contributed by atoms with E-state index in [-0.39, 0.29) is 0 Å². The molecule has 20 heavy (non-hydrogen) atoms. The largest absolute Gasteiger partial charge is 0.352 e. The predicted molar refractivity (Wildman–Crippen MR) is 78.7 cm³/mol. The molecule has 0 aromatic carbocycles. The van der Waals surface area contributed by atoms with Gasteiger partial charge in [0.25, 0.3) is 0 Å². The maximum absolute atomic E-state index is 10.5. The van der Waals surface area contributed by atoms with Crippen molar-refractivity contribution in [3.8, 4) is 0 Å². The molecule has 0 fully saturated rings. The van der Waals surface area contributed by atoms with Crippen molar-refractivity contribution in [2.45, 2.75) is 10.1 Å². The molecule has 0 aliphatic rings. The molecule has 10 heteroatoms. The van der Waals surface area contributed by atoms with Gasteiger partial charge in [-0.15, -0.1) is 33.7 Å². The van der Waals surface area contributed by atoms with Gasteiger partial charge < -0.3 is 22.1 Å². The molecule has 0 aliphatic carbocycles. The molecule has 4 amide bonds. The lowest BCUT2D eigenvalue weighted by molar-refractivity contribution is 0.248. The maximum atomic E-state index is 10.5. The zero-order valence-electron chi connectivity index (χ0n) is 10.7. The summed E-state index contributed by atoms with van der Waals surface area (Å²) < 4.78 is 0. The number of thioether (sulfide) groups is 2. The summed E-state index contributed by atoms with van der Waals surface area (Å²) >= 11 is 2.95. The number of nitrogens with zero attached hydrogens (tertiary/aromatic N) is 2. The van der Waals surface area contributed by atoms with Gasteiger partial charge in [0, 0.05) is 24.6 Å². The number of carbonyl (C=O) groups is 2. The van der Waals surface area contributed by atoms with Crippen molar-refractivity contribution in [3.05, 3.63) is 12.1 Å². The van der Waals surface area contributed by atoms with Gasteiger partial charge in [-0.3, -0.25) is 0 Å². The van der Waals surface area contributed by atoms with E-state index < -0.39 is 12.1 Å². The molecule has 1 aromatic heterocycles. The fourth-order valence-corrected chi connectivity index (χ4v) is 2.47. The van der Waals surface area contributed by atoms with Crippen molar-refractivity contribution in [1.29, 1.82) is 0 Å². The summed E-state index contributed by atoms with van der Waals surface area (Å²) in [4.78, 5) is 20.9. The molecule has 1 aromatic rings. The minimum Gasteiger partial charge on any atom is -0.352 e. The molecule has 110 valence electrons. The Morgan fingerprint density at radius 2 is 1.35 bits per heavy atom. The van der Waals surface area contributed by atoms with E-state index in [1.165, 1.54) is 23.5 Å². The van der Waals surface area contributed by atoms with Crippen LogP contribution in [0.15, 0.2) is 22.2 Å². The number of primary amides is 2. The van der Waals surface area contributed by atoms with Gasteiger partial charge in [0.15, 0.2) is 0 Å². The van der Waals surface area contributed by atoms with Crippen LogP contribution in [0.25, 0.3) is 0 Å². The summed E-state index contributed by atoms with van der Waals surface area (Å²) in [5, 5.41) is 14.6. The van der Waals surface area contributed by atoms with E-state index in [1.54, 1.807) is 0 Å². The number of nitrogens with two attached hydrogens (primary N) is 2. The van der Waals surface area contributed by atoms with E-state index in [1.807, 2.05) is 12.1 Å². The second-order valence-corrected chi connectivity index (χ2v) is 5.72. The van der Waals surface area contributed by atoms with Gasteiger partial charge in [0.2, 0.25) is 0 Å². The smallest absolute Gasteiger partial charge is 0.312 e. The predicted octanol–water partition coefficient (Wildman–Crippen LogP) is -0.00260. The Bertz CT molecular complexity index is 401. The summed E-state index contributed by atoms with van der Waals surface area (Å²) in [6.45, 7) is 0.966. The number of amides is 4. The summed E-state index contributed by atoms with van der Waals surface area (Å²) in [7, 11) is 0. The van der Waals surface area contributed by atoms with Gasteiger partial charge in [-0.1, -0.05) is 0 Å². The first-order valence-electron chi connectivity index (χ1n) is 5.74. The number of nitrogens with one attached hydrogen (secondary N) is 2.